The number of hydrogen-bond donors (Lipinski definition) is 5. The number of hydrogen-bond acceptors (Lipinski definition) is 14. The van der Waals surface area contributed by atoms with Gasteiger partial charge in [0, 0.05) is 92.6 Å². The Morgan fingerprint density at radius 3 is 2.23 bits per heavy atom. The molecular weight excluding hydrogens is 785 g/mol. The monoisotopic (exact) mass is 842 g/mol. The van der Waals surface area contributed by atoms with E-state index < -0.39 is 82.9 Å². The van der Waals surface area contributed by atoms with Crippen LogP contribution in [0.4, 0.5) is 5.69 Å². The number of fused-ring (bicyclic) bond motifs is 1. The van der Waals surface area contributed by atoms with E-state index in [9.17, 15) is 34.8 Å². The van der Waals surface area contributed by atoms with Crippen molar-refractivity contribution in [1.82, 2.24) is 4.90 Å². The second-order valence-electron chi connectivity index (χ2n) is 18.5. The molecule has 5 N–H and O–H groups in total. The van der Waals surface area contributed by atoms with Gasteiger partial charge in [-0.2, -0.15) is 0 Å². The second kappa shape index (κ2) is 15.5. The molecule has 0 radical (unpaired) electrons. The van der Waals surface area contributed by atoms with Crippen molar-refractivity contribution in [1.29, 1.82) is 0 Å². The predicted octanol–water partition coefficient (Wildman–Crippen LogP) is 3.97. The Morgan fingerprint density at radius 1 is 0.918 bits per heavy atom. The highest BCUT2D eigenvalue weighted by Crippen LogP contribution is 2.54. The number of aromatic hydroxyl groups is 2. The third-order valence-corrected chi connectivity index (χ3v) is 14.5. The van der Waals surface area contributed by atoms with Crippen LogP contribution in [0, 0.1) is 48.3 Å². The maximum absolute atomic E-state index is 14.8. The van der Waals surface area contributed by atoms with Gasteiger partial charge >= 0.3 is 11.8 Å². The molecule has 61 heavy (non-hydrogen) atoms. The third kappa shape index (κ3) is 6.83. The van der Waals surface area contributed by atoms with Crippen LogP contribution < -0.4 is 20.8 Å². The van der Waals surface area contributed by atoms with Gasteiger partial charge in [-0.25, -0.2) is 0 Å². The van der Waals surface area contributed by atoms with E-state index in [1.807, 2.05) is 0 Å². The number of aliphatic hydroxyl groups is 2. The van der Waals surface area contributed by atoms with Crippen molar-refractivity contribution < 1.29 is 53.8 Å². The Labute approximate surface area is 354 Å². The maximum atomic E-state index is 14.8. The van der Waals surface area contributed by atoms with E-state index in [-0.39, 0.29) is 67.2 Å². The molecular formula is C46H58N4O11. The first-order chi connectivity index (χ1) is 28.8. The topological polar surface area (TPSA) is 209 Å². The summed E-state index contributed by atoms with van der Waals surface area (Å²) < 4.78 is 24.1. The number of allylic oxidation sites excluding steroid dienone is 2. The number of ether oxygens (including phenoxy) is 4. The molecule has 2 unspecified atom stereocenters. The van der Waals surface area contributed by atoms with E-state index in [1.54, 1.807) is 65.8 Å². The summed E-state index contributed by atoms with van der Waals surface area (Å²) in [6, 6.07) is 0. The summed E-state index contributed by atoms with van der Waals surface area (Å²) in [6.07, 6.45) is 5.87. The highest BCUT2D eigenvalue weighted by atomic mass is 16.7. The summed E-state index contributed by atoms with van der Waals surface area (Å²) in [4.78, 5) is 54.4. The first-order valence-corrected chi connectivity index (χ1v) is 21.4. The van der Waals surface area contributed by atoms with E-state index in [2.05, 4.69) is 10.2 Å². The average molecular weight is 843 g/mol. The summed E-state index contributed by atoms with van der Waals surface area (Å²) in [7, 11) is 1.47. The number of rotatable bonds is 2. The number of nitrogens with one attached hydrogen (secondary N) is 1. The number of phenols is 2. The number of phenolic OH excluding ortho intramolecular Hbond substituents is 2. The van der Waals surface area contributed by atoms with E-state index in [1.165, 1.54) is 27.2 Å². The molecule has 8 bridgehead atoms. The molecule has 1 spiro atoms. The zero-order valence-electron chi connectivity index (χ0n) is 36.3. The Bertz CT molecular complexity index is 2380. The zero-order chi connectivity index (χ0) is 44.0. The van der Waals surface area contributed by atoms with Crippen LogP contribution in [0.3, 0.4) is 0 Å². The number of amides is 1. The van der Waals surface area contributed by atoms with Crippen LogP contribution in [0.1, 0.15) is 77.2 Å². The maximum Gasteiger partial charge on any atom is 0.312 e. The van der Waals surface area contributed by atoms with Crippen LogP contribution in [-0.4, -0.2) is 106 Å². The fourth-order valence-electron chi connectivity index (χ4n) is 11.0. The van der Waals surface area contributed by atoms with Crippen LogP contribution in [0.5, 0.6) is 17.2 Å². The molecule has 9 rings (SSSR count). The summed E-state index contributed by atoms with van der Waals surface area (Å²) in [5, 5.41) is 50.6. The first-order valence-electron chi connectivity index (χ1n) is 21.4. The number of piperidine rings is 3. The molecule has 3 saturated heterocycles. The van der Waals surface area contributed by atoms with E-state index in [0.29, 0.717) is 5.92 Å². The Hall–Kier alpha value is -4.83. The van der Waals surface area contributed by atoms with Crippen molar-refractivity contribution >= 4 is 34.1 Å². The van der Waals surface area contributed by atoms with E-state index in [4.69, 9.17) is 28.9 Å². The fraction of sp³-hybridized carbons (Fsp3) is 0.587. The van der Waals surface area contributed by atoms with Gasteiger partial charge in [0.25, 0.3) is 11.7 Å². The van der Waals surface area contributed by atoms with Gasteiger partial charge in [0.1, 0.15) is 28.6 Å². The lowest BCUT2D eigenvalue weighted by Gasteiger charge is -2.58. The van der Waals surface area contributed by atoms with Crippen LogP contribution in [-0.2, 0) is 23.8 Å². The largest absolute Gasteiger partial charge is 0.507 e. The van der Waals surface area contributed by atoms with Crippen molar-refractivity contribution in [3.63, 3.8) is 0 Å². The lowest BCUT2D eigenvalue weighted by atomic mass is 9.62. The molecule has 0 aromatic heterocycles. The van der Waals surface area contributed by atoms with Crippen molar-refractivity contribution in [3.05, 3.63) is 58.0 Å². The normalized spacial score (nSPS) is 40.1. The van der Waals surface area contributed by atoms with Crippen LogP contribution in [0.25, 0.3) is 10.8 Å². The number of carbonyl (C=O) groups excluding carboxylic acids is 3. The summed E-state index contributed by atoms with van der Waals surface area (Å²) in [5.41, 5.74) is -0.433. The lowest BCUT2D eigenvalue weighted by molar-refractivity contribution is -0.160. The van der Waals surface area contributed by atoms with Crippen LogP contribution in [0.15, 0.2) is 46.1 Å². The number of nitrogens with zero attached hydrogens (tertiary/aromatic N) is 3. The zero-order valence-corrected chi connectivity index (χ0v) is 36.3. The van der Waals surface area contributed by atoms with Gasteiger partial charge in [-0.05, 0) is 38.7 Å². The van der Waals surface area contributed by atoms with Gasteiger partial charge in [-0.1, -0.05) is 45.9 Å². The Balaban J connectivity index is 1.31. The first kappa shape index (κ1) is 42.8. The minimum absolute atomic E-state index is 0.0242. The van der Waals surface area contributed by atoms with Crippen LogP contribution >= 0.6 is 0 Å². The van der Waals surface area contributed by atoms with E-state index in [0.717, 1.165) is 32.5 Å². The predicted molar refractivity (Wildman–Crippen MR) is 223 cm³/mol. The number of methoxy groups -OCH3 is 1. The highest BCUT2D eigenvalue weighted by molar-refractivity contribution is 6.19. The number of anilines is 1. The molecule has 11 atom stereocenters. The fourth-order valence-corrected chi connectivity index (χ4v) is 11.0. The Morgan fingerprint density at radius 2 is 1.59 bits per heavy atom. The molecule has 6 aliphatic heterocycles. The number of ketones is 1. The van der Waals surface area contributed by atoms with Gasteiger partial charge in [0.2, 0.25) is 0 Å². The molecule has 1 amide bonds. The molecule has 328 valence electrons. The number of benzene rings is 2. The molecule has 15 nitrogen and oxygen atoms in total. The van der Waals surface area contributed by atoms with Crippen molar-refractivity contribution in [2.24, 2.45) is 51.4 Å². The minimum Gasteiger partial charge on any atom is -0.507 e. The number of Topliss-reactive ketones (excluding diaryl/α,β-unsaturated/α-hetero) is 1. The van der Waals surface area contributed by atoms with Crippen molar-refractivity contribution in [2.75, 3.05) is 32.1 Å². The average Bonchev–Trinajstić information content (AvgIpc) is 3.74. The van der Waals surface area contributed by atoms with Gasteiger partial charge in [-0.15, -0.1) is 0 Å². The molecule has 2 aromatic carbocycles. The molecule has 1 aliphatic carbocycles. The number of esters is 1. The molecule has 6 heterocycles. The molecule has 7 aliphatic rings. The summed E-state index contributed by atoms with van der Waals surface area (Å²) in [5.74, 6) is -6.13. The molecule has 15 heteroatoms. The lowest BCUT2D eigenvalue weighted by Crippen LogP contribution is -2.64. The number of aliphatic hydroxyl groups excluding tert-OH is 2. The summed E-state index contributed by atoms with van der Waals surface area (Å²) in [6.45, 7) is 15.6. The molecule has 4 fully saturated rings. The SMILES string of the molecule is CO[C@H]1/C=C/O[C@@]2(C)Oc3c(C)c(O)c4c(O)c(c5c(c4c3C2=O)=NC2(N=5)C3CC4CC2CN(C4)C3)NC(=O)/C(C)=C\C=C\[C@H](C)[C@H](O)[C@@H](C)[C@@H](O)[C@@H](C)[C@H](OC(C)=O)[C@@H]1C. The molecule has 1 saturated carbocycles. The van der Waals surface area contributed by atoms with E-state index >= 15 is 0 Å². The van der Waals surface area contributed by atoms with Gasteiger partial charge in [0.15, 0.2) is 11.4 Å². The van der Waals surface area contributed by atoms with Crippen molar-refractivity contribution in [3.8, 4) is 17.2 Å². The van der Waals surface area contributed by atoms with Crippen molar-refractivity contribution in [2.45, 2.75) is 104 Å². The highest BCUT2D eigenvalue weighted by Gasteiger charge is 2.59. The second-order valence-corrected chi connectivity index (χ2v) is 18.5. The molecule has 2 aromatic rings. The minimum atomic E-state index is -1.95. The smallest absolute Gasteiger partial charge is 0.312 e. The Kier molecular flexibility index (Phi) is 10.9. The van der Waals surface area contributed by atoms with Gasteiger partial charge in [-0.3, -0.25) is 24.4 Å². The quantitative estimate of drug-likeness (QED) is 0.215. The summed E-state index contributed by atoms with van der Waals surface area (Å²) >= 11 is 0. The third-order valence-electron chi connectivity index (χ3n) is 14.5. The van der Waals surface area contributed by atoms with Gasteiger partial charge in [0.05, 0.1) is 40.9 Å². The number of carbonyl (C=O) groups is 3. The standard InChI is InChI=1S/C46H58N4O11/c1-20-11-10-12-21(2)44(57)47-36-35-34(48-46(49-35)28-15-27-16-29(46)19-50(17-27)18-28)31-32(40(36)55)39(54)25(6)42-33(31)43(56)45(8,61-42)59-14-13-30(58-9)22(3)41(60-26(7)51)24(5)38(53)23(4)37(20)52/h10-14,20,22-24,27-30,37-38,41,52-55H,15-19H2,1-9H3,(H,47,57)/b11-10+,14-13+,21-12-/t20-,22+,23+,24+,27?,28?,29?,30-,37-,38+,41+,45-,46?/m0/s1. The van der Waals surface area contributed by atoms with Gasteiger partial charge < -0.3 is 49.6 Å². The van der Waals surface area contributed by atoms with Crippen LogP contribution in [0.2, 0.25) is 0 Å².